The van der Waals surface area contributed by atoms with Crippen LogP contribution >= 0.6 is 0 Å². The highest BCUT2D eigenvalue weighted by Gasteiger charge is 1.99. The number of hydrogen-bond acceptors (Lipinski definition) is 3. The Kier molecular flexibility index (Phi) is 5.01. The molecule has 0 aliphatic rings. The molecular weight excluding hydrogens is 296 g/mol. The summed E-state index contributed by atoms with van der Waals surface area (Å²) in [6.07, 6.45) is 2.79. The molecule has 0 aliphatic heterocycles. The summed E-state index contributed by atoms with van der Waals surface area (Å²) >= 11 is 0. The van der Waals surface area contributed by atoms with Crippen molar-refractivity contribution in [3.63, 3.8) is 0 Å². The van der Waals surface area contributed by atoms with Crippen molar-refractivity contribution < 1.29 is 4.84 Å². The van der Waals surface area contributed by atoms with Gasteiger partial charge in [0.25, 0.3) is 0 Å². The predicted octanol–water partition coefficient (Wildman–Crippen LogP) is 4.65. The SMILES string of the molecule is N#Cc1cccc(/[C]=N\OCc2cccc(-c3ccccc3)c2)c1. The maximum atomic E-state index is 8.86. The smallest absolute Gasteiger partial charge is 0.142 e. The fourth-order valence-electron chi connectivity index (χ4n) is 2.32. The van der Waals surface area contributed by atoms with E-state index >= 15 is 0 Å². The van der Waals surface area contributed by atoms with Gasteiger partial charge in [-0.1, -0.05) is 65.8 Å². The molecule has 0 spiro atoms. The largest absolute Gasteiger partial charge is 0.390 e. The number of rotatable bonds is 5. The Bertz CT molecular complexity index is 880. The normalized spacial score (nSPS) is 10.5. The molecule has 1 radical (unpaired) electrons. The van der Waals surface area contributed by atoms with Crippen LogP contribution in [0.5, 0.6) is 0 Å². The van der Waals surface area contributed by atoms with Crippen LogP contribution in [0.2, 0.25) is 0 Å². The van der Waals surface area contributed by atoms with Crippen LogP contribution in [0.4, 0.5) is 0 Å². The van der Waals surface area contributed by atoms with Gasteiger partial charge in [0.1, 0.15) is 12.8 Å². The third-order valence-electron chi connectivity index (χ3n) is 3.50. The maximum Gasteiger partial charge on any atom is 0.142 e. The number of benzene rings is 3. The van der Waals surface area contributed by atoms with Gasteiger partial charge in [0.2, 0.25) is 0 Å². The first kappa shape index (κ1) is 15.5. The zero-order chi connectivity index (χ0) is 16.6. The fourth-order valence-corrected chi connectivity index (χ4v) is 2.32. The average molecular weight is 311 g/mol. The molecule has 0 bridgehead atoms. The van der Waals surface area contributed by atoms with Gasteiger partial charge in [-0.3, -0.25) is 0 Å². The van der Waals surface area contributed by atoms with Gasteiger partial charge in [-0.2, -0.15) is 5.26 Å². The van der Waals surface area contributed by atoms with E-state index in [2.05, 4.69) is 41.7 Å². The molecule has 0 heterocycles. The van der Waals surface area contributed by atoms with E-state index in [9.17, 15) is 0 Å². The second-order valence-electron chi connectivity index (χ2n) is 5.24. The minimum absolute atomic E-state index is 0.367. The first-order valence-corrected chi connectivity index (χ1v) is 7.58. The van der Waals surface area contributed by atoms with Crippen molar-refractivity contribution in [1.82, 2.24) is 0 Å². The Morgan fingerprint density at radius 3 is 2.38 bits per heavy atom. The van der Waals surface area contributed by atoms with Crippen LogP contribution in [0.3, 0.4) is 0 Å². The monoisotopic (exact) mass is 311 g/mol. The molecule has 0 N–H and O–H groups in total. The molecule has 24 heavy (non-hydrogen) atoms. The van der Waals surface area contributed by atoms with E-state index in [-0.39, 0.29) is 0 Å². The van der Waals surface area contributed by atoms with Gasteiger partial charge < -0.3 is 4.84 Å². The zero-order valence-corrected chi connectivity index (χ0v) is 13.0. The molecule has 0 aliphatic carbocycles. The van der Waals surface area contributed by atoms with Crippen LogP contribution in [-0.2, 0) is 11.4 Å². The first-order chi connectivity index (χ1) is 11.8. The molecule has 3 aromatic rings. The Balaban J connectivity index is 1.63. The summed E-state index contributed by atoms with van der Waals surface area (Å²) < 4.78 is 0. The van der Waals surface area contributed by atoms with E-state index in [4.69, 9.17) is 10.1 Å². The molecule has 3 heteroatoms. The van der Waals surface area contributed by atoms with Crippen LogP contribution < -0.4 is 0 Å². The van der Waals surface area contributed by atoms with E-state index in [1.54, 1.807) is 18.2 Å². The highest BCUT2D eigenvalue weighted by atomic mass is 16.6. The Morgan fingerprint density at radius 2 is 1.54 bits per heavy atom. The quantitative estimate of drug-likeness (QED) is 0.508. The summed E-state index contributed by atoms with van der Waals surface area (Å²) in [5.74, 6) is 0. The van der Waals surface area contributed by atoms with Gasteiger partial charge in [-0.05, 0) is 34.9 Å². The lowest BCUT2D eigenvalue weighted by molar-refractivity contribution is 0.132. The molecular formula is C21H15N2O. The molecule has 0 fully saturated rings. The summed E-state index contributed by atoms with van der Waals surface area (Å²) in [7, 11) is 0. The lowest BCUT2D eigenvalue weighted by Gasteiger charge is -2.04. The van der Waals surface area contributed by atoms with Crippen LogP contribution in [-0.4, -0.2) is 6.21 Å². The van der Waals surface area contributed by atoms with Gasteiger partial charge in [0.05, 0.1) is 11.6 Å². The molecule has 0 aromatic heterocycles. The molecule has 3 nitrogen and oxygen atoms in total. The summed E-state index contributed by atoms with van der Waals surface area (Å²) in [4.78, 5) is 5.32. The third-order valence-corrected chi connectivity index (χ3v) is 3.50. The molecule has 115 valence electrons. The van der Waals surface area contributed by atoms with E-state index in [0.717, 1.165) is 11.1 Å². The Labute approximate surface area is 141 Å². The van der Waals surface area contributed by atoms with Gasteiger partial charge in [0.15, 0.2) is 0 Å². The van der Waals surface area contributed by atoms with E-state index in [1.165, 1.54) is 5.56 Å². The third kappa shape index (κ3) is 4.08. The molecule has 3 aromatic carbocycles. The number of hydrogen-bond donors (Lipinski definition) is 0. The van der Waals surface area contributed by atoms with Crippen LogP contribution in [0.15, 0.2) is 84.0 Å². The highest BCUT2D eigenvalue weighted by molar-refractivity contribution is 5.79. The fraction of sp³-hybridized carbons (Fsp3) is 0.0476. The topological polar surface area (TPSA) is 45.4 Å². The Morgan fingerprint density at radius 1 is 0.792 bits per heavy atom. The summed E-state index contributed by atoms with van der Waals surface area (Å²) in [5, 5.41) is 12.7. The van der Waals surface area contributed by atoms with Crippen LogP contribution in [0.1, 0.15) is 16.7 Å². The first-order valence-electron chi connectivity index (χ1n) is 7.58. The molecule has 0 saturated heterocycles. The predicted molar refractivity (Wildman–Crippen MR) is 94.4 cm³/mol. The van der Waals surface area contributed by atoms with Crippen molar-refractivity contribution in [3.8, 4) is 17.2 Å². The van der Waals surface area contributed by atoms with E-state index in [0.29, 0.717) is 17.7 Å². The number of nitriles is 1. The maximum absolute atomic E-state index is 8.86. The lowest BCUT2D eigenvalue weighted by atomic mass is 10.0. The minimum atomic E-state index is 0.367. The van der Waals surface area contributed by atoms with Gasteiger partial charge in [-0.25, -0.2) is 0 Å². The van der Waals surface area contributed by atoms with Crippen LogP contribution in [0.25, 0.3) is 11.1 Å². The molecule has 0 unspecified atom stereocenters. The minimum Gasteiger partial charge on any atom is -0.390 e. The van der Waals surface area contributed by atoms with E-state index < -0.39 is 0 Å². The van der Waals surface area contributed by atoms with Crippen molar-refractivity contribution in [2.75, 3.05) is 0 Å². The average Bonchev–Trinajstić information content (AvgIpc) is 2.66. The summed E-state index contributed by atoms with van der Waals surface area (Å²) in [6.45, 7) is 0.367. The zero-order valence-electron chi connectivity index (χ0n) is 13.0. The van der Waals surface area contributed by atoms with Gasteiger partial charge in [0, 0.05) is 5.56 Å². The van der Waals surface area contributed by atoms with Gasteiger partial charge >= 0.3 is 0 Å². The lowest BCUT2D eigenvalue weighted by Crippen LogP contribution is -1.89. The van der Waals surface area contributed by atoms with Crippen molar-refractivity contribution in [3.05, 3.63) is 95.6 Å². The molecule has 3 rings (SSSR count). The van der Waals surface area contributed by atoms with E-state index in [1.807, 2.05) is 36.4 Å². The van der Waals surface area contributed by atoms with Crippen LogP contribution in [0, 0.1) is 11.3 Å². The standard InChI is InChI=1S/C21H15N2O/c22-14-17-6-4-7-18(12-17)15-23-24-16-19-8-5-11-21(13-19)20-9-2-1-3-10-20/h1-13H,16H2. The summed E-state index contributed by atoms with van der Waals surface area (Å²) in [6, 6.07) is 27.5. The molecule has 0 saturated carbocycles. The second-order valence-corrected chi connectivity index (χ2v) is 5.24. The highest BCUT2D eigenvalue weighted by Crippen LogP contribution is 2.20. The second kappa shape index (κ2) is 7.75. The van der Waals surface area contributed by atoms with Crippen molar-refractivity contribution in [1.29, 1.82) is 5.26 Å². The van der Waals surface area contributed by atoms with Crippen molar-refractivity contribution in [2.24, 2.45) is 5.16 Å². The van der Waals surface area contributed by atoms with Crippen molar-refractivity contribution >= 4 is 6.21 Å². The number of nitrogens with zero attached hydrogens (tertiary/aromatic N) is 2. The summed E-state index contributed by atoms with van der Waals surface area (Å²) in [5.41, 5.74) is 4.64. The van der Waals surface area contributed by atoms with Gasteiger partial charge in [-0.15, -0.1) is 0 Å². The Hall–Kier alpha value is -3.38. The molecule has 0 atom stereocenters. The van der Waals surface area contributed by atoms with Crippen molar-refractivity contribution in [2.45, 2.75) is 6.61 Å². The molecule has 0 amide bonds.